The fraction of sp³-hybridized carbons (Fsp3) is 0.700. The third kappa shape index (κ3) is 1.27. The summed E-state index contributed by atoms with van der Waals surface area (Å²) < 4.78 is 2.25. The van der Waals surface area contributed by atoms with Gasteiger partial charge in [0.1, 0.15) is 5.82 Å². The normalized spacial score (nSPS) is 21.6. The monoisotopic (exact) mass is 180 g/mol. The molecule has 1 unspecified atom stereocenters. The standard InChI is InChI=1S/C10H16N2O/c1-7-4-3-5-12-8(2)11-9(6-13)10(7)12/h7,13H,3-6H2,1-2H3. The van der Waals surface area contributed by atoms with Crippen LogP contribution in [0.5, 0.6) is 0 Å². The van der Waals surface area contributed by atoms with Crippen molar-refractivity contribution >= 4 is 0 Å². The molecule has 0 fully saturated rings. The molecular weight excluding hydrogens is 164 g/mol. The van der Waals surface area contributed by atoms with Gasteiger partial charge in [0.25, 0.3) is 0 Å². The van der Waals surface area contributed by atoms with Gasteiger partial charge in [0, 0.05) is 12.2 Å². The number of aromatic nitrogens is 2. The van der Waals surface area contributed by atoms with E-state index in [1.54, 1.807) is 0 Å². The highest BCUT2D eigenvalue weighted by Gasteiger charge is 2.22. The van der Waals surface area contributed by atoms with E-state index >= 15 is 0 Å². The maximum Gasteiger partial charge on any atom is 0.106 e. The molecule has 0 bridgehead atoms. The summed E-state index contributed by atoms with van der Waals surface area (Å²) in [6.45, 7) is 5.37. The molecule has 1 aliphatic heterocycles. The van der Waals surface area contributed by atoms with Crippen LogP contribution in [0, 0.1) is 6.92 Å². The van der Waals surface area contributed by atoms with Crippen molar-refractivity contribution in [2.24, 2.45) is 0 Å². The Morgan fingerprint density at radius 1 is 1.62 bits per heavy atom. The minimum atomic E-state index is 0.0769. The molecule has 13 heavy (non-hydrogen) atoms. The molecule has 1 aromatic rings. The molecule has 0 aliphatic carbocycles. The van der Waals surface area contributed by atoms with Gasteiger partial charge in [-0.3, -0.25) is 0 Å². The minimum absolute atomic E-state index is 0.0769. The summed E-state index contributed by atoms with van der Waals surface area (Å²) in [5.74, 6) is 1.60. The number of imidazole rings is 1. The van der Waals surface area contributed by atoms with E-state index in [1.807, 2.05) is 6.92 Å². The molecule has 2 heterocycles. The molecule has 1 aliphatic rings. The Kier molecular flexibility index (Phi) is 2.12. The molecule has 3 nitrogen and oxygen atoms in total. The van der Waals surface area contributed by atoms with Crippen molar-refractivity contribution in [2.45, 2.75) is 45.8 Å². The Hall–Kier alpha value is -0.830. The van der Waals surface area contributed by atoms with Crippen LogP contribution in [0.3, 0.4) is 0 Å². The number of hydrogen-bond donors (Lipinski definition) is 1. The first-order valence-corrected chi connectivity index (χ1v) is 4.90. The summed E-state index contributed by atoms with van der Waals surface area (Å²) in [7, 11) is 0. The van der Waals surface area contributed by atoms with E-state index in [2.05, 4.69) is 16.5 Å². The van der Waals surface area contributed by atoms with E-state index in [0.717, 1.165) is 18.1 Å². The highest BCUT2D eigenvalue weighted by molar-refractivity contribution is 5.21. The number of aliphatic hydroxyl groups excluding tert-OH is 1. The topological polar surface area (TPSA) is 38.1 Å². The third-order valence-electron chi connectivity index (χ3n) is 2.91. The first-order chi connectivity index (χ1) is 6.24. The van der Waals surface area contributed by atoms with E-state index in [9.17, 15) is 0 Å². The van der Waals surface area contributed by atoms with Gasteiger partial charge in [-0.15, -0.1) is 0 Å². The number of fused-ring (bicyclic) bond motifs is 1. The van der Waals surface area contributed by atoms with E-state index in [1.165, 1.54) is 18.5 Å². The Bertz CT molecular complexity index is 317. The molecule has 1 N–H and O–H groups in total. The van der Waals surface area contributed by atoms with Crippen molar-refractivity contribution in [3.8, 4) is 0 Å². The van der Waals surface area contributed by atoms with Crippen LogP contribution in [0.4, 0.5) is 0 Å². The van der Waals surface area contributed by atoms with Crippen molar-refractivity contribution in [3.05, 3.63) is 17.2 Å². The Morgan fingerprint density at radius 2 is 2.38 bits per heavy atom. The van der Waals surface area contributed by atoms with Gasteiger partial charge in [-0.25, -0.2) is 4.98 Å². The molecule has 0 amide bonds. The van der Waals surface area contributed by atoms with E-state index in [4.69, 9.17) is 5.11 Å². The highest BCUT2D eigenvalue weighted by Crippen LogP contribution is 2.30. The van der Waals surface area contributed by atoms with Crippen LogP contribution < -0.4 is 0 Å². The highest BCUT2D eigenvalue weighted by atomic mass is 16.3. The fourth-order valence-corrected chi connectivity index (χ4v) is 2.28. The molecule has 3 heteroatoms. The van der Waals surface area contributed by atoms with Crippen molar-refractivity contribution in [2.75, 3.05) is 0 Å². The molecule has 2 rings (SSSR count). The Balaban J connectivity index is 2.52. The van der Waals surface area contributed by atoms with Crippen LogP contribution in [0.2, 0.25) is 0 Å². The lowest BCUT2D eigenvalue weighted by Crippen LogP contribution is -2.15. The smallest absolute Gasteiger partial charge is 0.106 e. The van der Waals surface area contributed by atoms with Crippen LogP contribution in [-0.4, -0.2) is 14.7 Å². The molecule has 0 radical (unpaired) electrons. The maximum atomic E-state index is 9.15. The first kappa shape index (κ1) is 8.75. The molecule has 0 spiro atoms. The summed E-state index contributed by atoms with van der Waals surface area (Å²) in [4.78, 5) is 4.37. The van der Waals surface area contributed by atoms with Crippen LogP contribution in [0.15, 0.2) is 0 Å². The van der Waals surface area contributed by atoms with Crippen molar-refractivity contribution in [1.82, 2.24) is 9.55 Å². The first-order valence-electron chi connectivity index (χ1n) is 4.90. The largest absolute Gasteiger partial charge is 0.390 e. The fourth-order valence-electron chi connectivity index (χ4n) is 2.28. The summed E-state index contributed by atoms with van der Waals surface area (Å²) in [6.07, 6.45) is 2.45. The molecule has 0 aromatic carbocycles. The SMILES string of the molecule is Cc1nc(CO)c2n1CCCC2C. The van der Waals surface area contributed by atoms with Crippen molar-refractivity contribution in [3.63, 3.8) is 0 Å². The van der Waals surface area contributed by atoms with E-state index in [0.29, 0.717) is 5.92 Å². The maximum absolute atomic E-state index is 9.15. The zero-order valence-electron chi connectivity index (χ0n) is 8.25. The molecule has 1 atom stereocenters. The number of nitrogens with zero attached hydrogens (tertiary/aromatic N) is 2. The lowest BCUT2D eigenvalue weighted by atomic mass is 9.96. The lowest BCUT2D eigenvalue weighted by molar-refractivity contribution is 0.274. The zero-order valence-corrected chi connectivity index (χ0v) is 8.25. The molecular formula is C10H16N2O. The van der Waals surface area contributed by atoms with Gasteiger partial charge in [0.2, 0.25) is 0 Å². The molecule has 0 saturated heterocycles. The number of hydrogen-bond acceptors (Lipinski definition) is 2. The zero-order chi connectivity index (χ0) is 9.42. The van der Waals surface area contributed by atoms with Gasteiger partial charge in [-0.2, -0.15) is 0 Å². The van der Waals surface area contributed by atoms with Crippen LogP contribution >= 0.6 is 0 Å². The summed E-state index contributed by atoms with van der Waals surface area (Å²) in [5.41, 5.74) is 2.14. The average Bonchev–Trinajstić information content (AvgIpc) is 2.45. The van der Waals surface area contributed by atoms with Crippen LogP contribution in [0.1, 0.15) is 42.9 Å². The van der Waals surface area contributed by atoms with Crippen LogP contribution in [0.25, 0.3) is 0 Å². The molecule has 1 aromatic heterocycles. The van der Waals surface area contributed by atoms with Gasteiger partial charge in [0.15, 0.2) is 0 Å². The second kappa shape index (κ2) is 3.14. The Morgan fingerprint density at radius 3 is 3.08 bits per heavy atom. The quantitative estimate of drug-likeness (QED) is 0.712. The van der Waals surface area contributed by atoms with Gasteiger partial charge in [-0.1, -0.05) is 6.92 Å². The number of aliphatic hydroxyl groups is 1. The van der Waals surface area contributed by atoms with Crippen molar-refractivity contribution in [1.29, 1.82) is 0 Å². The predicted octanol–water partition coefficient (Wildman–Crippen LogP) is 1.58. The number of aryl methyl sites for hydroxylation is 1. The third-order valence-corrected chi connectivity index (χ3v) is 2.91. The minimum Gasteiger partial charge on any atom is -0.390 e. The lowest BCUT2D eigenvalue weighted by Gasteiger charge is -2.22. The van der Waals surface area contributed by atoms with E-state index < -0.39 is 0 Å². The van der Waals surface area contributed by atoms with Gasteiger partial charge in [0.05, 0.1) is 12.3 Å². The second-order valence-corrected chi connectivity index (χ2v) is 3.84. The van der Waals surface area contributed by atoms with Gasteiger partial charge < -0.3 is 9.67 Å². The van der Waals surface area contributed by atoms with Gasteiger partial charge >= 0.3 is 0 Å². The average molecular weight is 180 g/mol. The number of rotatable bonds is 1. The summed E-state index contributed by atoms with van der Waals surface area (Å²) in [5, 5.41) is 9.15. The summed E-state index contributed by atoms with van der Waals surface area (Å²) in [6, 6.07) is 0. The van der Waals surface area contributed by atoms with Gasteiger partial charge in [-0.05, 0) is 25.7 Å². The molecule has 72 valence electrons. The molecule has 0 saturated carbocycles. The second-order valence-electron chi connectivity index (χ2n) is 3.84. The van der Waals surface area contributed by atoms with Crippen LogP contribution in [-0.2, 0) is 13.2 Å². The van der Waals surface area contributed by atoms with E-state index in [-0.39, 0.29) is 6.61 Å². The van der Waals surface area contributed by atoms with Crippen molar-refractivity contribution < 1.29 is 5.11 Å². The Labute approximate surface area is 78.4 Å². The predicted molar refractivity (Wildman–Crippen MR) is 50.5 cm³/mol. The summed E-state index contributed by atoms with van der Waals surface area (Å²) >= 11 is 0.